The van der Waals surface area contributed by atoms with E-state index in [1.54, 1.807) is 30.9 Å². The van der Waals surface area contributed by atoms with Crippen LogP contribution in [0.2, 0.25) is 0 Å². The van der Waals surface area contributed by atoms with Gasteiger partial charge >= 0.3 is 0 Å². The van der Waals surface area contributed by atoms with Crippen molar-refractivity contribution in [1.82, 2.24) is 34.9 Å². The molecular formula is C31H31FN8O3S. The largest absolute Gasteiger partial charge is 0.335 e. The SMILES string of the molecule is CC(C)CC(=O)Nc1cncc(C2C=c3c(-c4nc5c(-c6cc(F)cc(CNS(C)(=O)=O)c6)cncc5[nH]4)n[nH]c3=CC2)c1. The monoisotopic (exact) mass is 614 g/mol. The molecule has 11 nitrogen and oxygen atoms in total. The van der Waals surface area contributed by atoms with E-state index in [1.165, 1.54) is 12.1 Å². The fourth-order valence-corrected chi connectivity index (χ4v) is 5.73. The van der Waals surface area contributed by atoms with Crippen LogP contribution in [-0.4, -0.2) is 50.7 Å². The van der Waals surface area contributed by atoms with Gasteiger partial charge in [0.15, 0.2) is 5.82 Å². The number of sulfonamides is 1. The highest BCUT2D eigenvalue weighted by Crippen LogP contribution is 2.30. The third kappa shape index (κ3) is 6.43. The summed E-state index contributed by atoms with van der Waals surface area (Å²) in [5.74, 6) is 0.222. The lowest BCUT2D eigenvalue weighted by atomic mass is 9.92. The number of halogens is 1. The molecule has 1 aliphatic carbocycles. The molecule has 0 saturated heterocycles. The number of aromatic nitrogens is 6. The zero-order chi connectivity index (χ0) is 31.0. The van der Waals surface area contributed by atoms with E-state index < -0.39 is 15.8 Å². The van der Waals surface area contributed by atoms with Gasteiger partial charge in [0.2, 0.25) is 15.9 Å². The fraction of sp³-hybridized carbons (Fsp3) is 0.258. The Bertz CT molecular complexity index is 2120. The molecule has 0 saturated carbocycles. The van der Waals surface area contributed by atoms with Gasteiger partial charge in [0, 0.05) is 42.1 Å². The number of carbonyl (C=O) groups is 1. The van der Waals surface area contributed by atoms with Gasteiger partial charge in [0.25, 0.3) is 0 Å². The normalized spacial score (nSPS) is 14.7. The Kier molecular flexibility index (Phi) is 7.82. The van der Waals surface area contributed by atoms with Crippen LogP contribution in [-0.2, 0) is 21.4 Å². The molecule has 0 fully saturated rings. The van der Waals surface area contributed by atoms with Gasteiger partial charge in [0.05, 0.1) is 40.7 Å². The van der Waals surface area contributed by atoms with Crippen LogP contribution in [0.1, 0.15) is 43.7 Å². The van der Waals surface area contributed by atoms with Gasteiger partial charge in [-0.2, -0.15) is 5.10 Å². The second kappa shape index (κ2) is 11.7. The molecule has 1 aromatic carbocycles. The quantitative estimate of drug-likeness (QED) is 0.198. The number of nitrogens with one attached hydrogen (secondary N) is 4. The zero-order valence-electron chi connectivity index (χ0n) is 24.3. The number of anilines is 1. The number of pyridine rings is 2. The molecule has 4 N–H and O–H groups in total. The maximum absolute atomic E-state index is 14.6. The number of benzene rings is 1. The van der Waals surface area contributed by atoms with Crippen molar-refractivity contribution in [3.8, 4) is 22.6 Å². The molecular weight excluding hydrogens is 583 g/mol. The van der Waals surface area contributed by atoms with Crippen molar-refractivity contribution in [2.45, 2.75) is 39.2 Å². The van der Waals surface area contributed by atoms with Gasteiger partial charge in [-0.15, -0.1) is 0 Å². The van der Waals surface area contributed by atoms with Gasteiger partial charge in [-0.25, -0.2) is 22.5 Å². The second-order valence-corrected chi connectivity index (χ2v) is 13.2. The highest BCUT2D eigenvalue weighted by Gasteiger charge is 2.19. The van der Waals surface area contributed by atoms with Crippen LogP contribution >= 0.6 is 0 Å². The van der Waals surface area contributed by atoms with Gasteiger partial charge in [-0.1, -0.05) is 26.0 Å². The van der Waals surface area contributed by atoms with Crippen molar-refractivity contribution < 1.29 is 17.6 Å². The van der Waals surface area contributed by atoms with Crippen LogP contribution in [0.15, 0.2) is 49.1 Å². The van der Waals surface area contributed by atoms with E-state index in [0.717, 1.165) is 28.8 Å². The molecule has 1 amide bonds. The number of fused-ring (bicyclic) bond motifs is 2. The molecule has 4 heterocycles. The number of nitrogens with zero attached hydrogens (tertiary/aromatic N) is 4. The molecule has 0 aliphatic heterocycles. The van der Waals surface area contributed by atoms with E-state index in [2.05, 4.69) is 47.3 Å². The summed E-state index contributed by atoms with van der Waals surface area (Å²) in [6, 6.07) is 6.31. The third-order valence-electron chi connectivity index (χ3n) is 7.27. The van der Waals surface area contributed by atoms with Crippen LogP contribution in [0.25, 0.3) is 45.8 Å². The summed E-state index contributed by atoms with van der Waals surface area (Å²) in [5.41, 5.74) is 5.02. The third-order valence-corrected chi connectivity index (χ3v) is 7.94. The number of hydrogen-bond donors (Lipinski definition) is 4. The minimum atomic E-state index is -3.45. The highest BCUT2D eigenvalue weighted by molar-refractivity contribution is 7.88. The summed E-state index contributed by atoms with van der Waals surface area (Å²) in [6.45, 7) is 3.95. The molecule has 44 heavy (non-hydrogen) atoms. The molecule has 13 heteroatoms. The van der Waals surface area contributed by atoms with Crippen LogP contribution in [0, 0.1) is 11.7 Å². The summed E-state index contributed by atoms with van der Waals surface area (Å²) < 4.78 is 40.1. The summed E-state index contributed by atoms with van der Waals surface area (Å²) in [7, 11) is -3.45. The molecule has 6 rings (SSSR count). The van der Waals surface area contributed by atoms with Crippen molar-refractivity contribution in [1.29, 1.82) is 0 Å². The first-order valence-electron chi connectivity index (χ1n) is 14.1. The Hall–Kier alpha value is -4.75. The van der Waals surface area contributed by atoms with Gasteiger partial charge in [0.1, 0.15) is 11.5 Å². The number of imidazole rings is 1. The standard InChI is InChI=1S/C31H31FN8O3S/c1-17(2)6-28(41)36-23-10-21(13-33-14-23)19-4-5-26-24(11-19)30(40-39-26)31-37-27-16-34-15-25(29(27)38-31)20-7-18(8-22(32)9-20)12-35-44(3,42)43/h5,7-11,13-17,19,35,39H,4,6,12H2,1-3H3,(H,36,41)(H,37,38). The Morgan fingerprint density at radius 3 is 2.73 bits per heavy atom. The zero-order valence-corrected chi connectivity index (χ0v) is 25.2. The van der Waals surface area contributed by atoms with E-state index in [-0.39, 0.29) is 24.3 Å². The first-order valence-corrected chi connectivity index (χ1v) is 16.0. The number of amides is 1. The van der Waals surface area contributed by atoms with Crippen molar-refractivity contribution in [3.63, 3.8) is 0 Å². The second-order valence-electron chi connectivity index (χ2n) is 11.4. The number of carbonyl (C=O) groups excluding carboxylic acids is 1. The lowest BCUT2D eigenvalue weighted by Gasteiger charge is -2.15. The summed E-state index contributed by atoms with van der Waals surface area (Å²) in [5, 5.41) is 12.3. The lowest BCUT2D eigenvalue weighted by Crippen LogP contribution is -2.28. The molecule has 226 valence electrons. The average Bonchev–Trinajstić information content (AvgIpc) is 3.59. The first kappa shape index (κ1) is 29.3. The van der Waals surface area contributed by atoms with E-state index in [4.69, 9.17) is 4.98 Å². The Labute approximate surface area is 252 Å². The molecule has 0 radical (unpaired) electrons. The van der Waals surface area contributed by atoms with Crippen LogP contribution in [0.5, 0.6) is 0 Å². The minimum Gasteiger partial charge on any atom is -0.335 e. The highest BCUT2D eigenvalue weighted by atomic mass is 32.2. The molecule has 4 aromatic heterocycles. The number of rotatable bonds is 9. The Morgan fingerprint density at radius 1 is 1.11 bits per heavy atom. The van der Waals surface area contributed by atoms with E-state index in [9.17, 15) is 17.6 Å². The molecule has 0 spiro atoms. The predicted octanol–water partition coefficient (Wildman–Crippen LogP) is 3.33. The topological polar surface area (TPSA) is 158 Å². The lowest BCUT2D eigenvalue weighted by molar-refractivity contribution is -0.116. The summed E-state index contributed by atoms with van der Waals surface area (Å²) in [4.78, 5) is 29.1. The molecule has 5 aromatic rings. The minimum absolute atomic E-state index is 0.00108. The van der Waals surface area contributed by atoms with Crippen LogP contribution in [0.4, 0.5) is 10.1 Å². The van der Waals surface area contributed by atoms with Crippen LogP contribution < -0.4 is 20.6 Å². The summed E-state index contributed by atoms with van der Waals surface area (Å²) >= 11 is 0. The van der Waals surface area contributed by atoms with E-state index in [0.29, 0.717) is 51.4 Å². The smallest absolute Gasteiger partial charge is 0.224 e. The Balaban J connectivity index is 1.34. The van der Waals surface area contributed by atoms with E-state index in [1.807, 2.05) is 19.9 Å². The molecule has 1 atom stereocenters. The van der Waals surface area contributed by atoms with Crippen molar-refractivity contribution in [2.75, 3.05) is 11.6 Å². The summed E-state index contributed by atoms with van der Waals surface area (Å²) in [6.07, 6.45) is 13.1. The maximum Gasteiger partial charge on any atom is 0.224 e. The Morgan fingerprint density at radius 2 is 1.93 bits per heavy atom. The van der Waals surface area contributed by atoms with Gasteiger partial charge in [-0.05, 0) is 53.3 Å². The predicted molar refractivity (Wildman–Crippen MR) is 166 cm³/mol. The average molecular weight is 615 g/mol. The van der Waals surface area contributed by atoms with Crippen molar-refractivity contribution in [2.24, 2.45) is 5.92 Å². The number of hydrogen-bond acceptors (Lipinski definition) is 7. The number of aromatic amines is 2. The van der Waals surface area contributed by atoms with E-state index >= 15 is 0 Å². The van der Waals surface area contributed by atoms with Gasteiger partial charge in [-0.3, -0.25) is 19.9 Å². The van der Waals surface area contributed by atoms with Crippen molar-refractivity contribution >= 4 is 44.8 Å². The molecule has 1 unspecified atom stereocenters. The molecule has 0 bridgehead atoms. The maximum atomic E-state index is 14.6. The van der Waals surface area contributed by atoms with Gasteiger partial charge < -0.3 is 10.3 Å². The van der Waals surface area contributed by atoms with Crippen molar-refractivity contribution in [3.05, 3.63) is 76.6 Å². The van der Waals surface area contributed by atoms with Crippen LogP contribution in [0.3, 0.4) is 0 Å². The number of H-pyrrole nitrogens is 2. The fourth-order valence-electron chi connectivity index (χ4n) is 5.31. The first-order chi connectivity index (χ1) is 21.0. The molecule has 1 aliphatic rings.